The fourth-order valence-corrected chi connectivity index (χ4v) is 1.90. The average molecular weight is 341 g/mol. The van der Waals surface area contributed by atoms with Gasteiger partial charge in [-0.1, -0.05) is 0 Å². The number of anilines is 1. The SMILES string of the molecule is CCOc1ccc(NC(=O)C(=O)NN=Cc2ccc(OC)cc2)cc1. The first-order chi connectivity index (χ1) is 12.1. The van der Waals surface area contributed by atoms with Gasteiger partial charge in [-0.3, -0.25) is 9.59 Å². The molecular weight excluding hydrogens is 322 g/mol. The number of nitrogens with one attached hydrogen (secondary N) is 2. The highest BCUT2D eigenvalue weighted by atomic mass is 16.5. The molecule has 0 unspecified atom stereocenters. The predicted octanol–water partition coefficient (Wildman–Crippen LogP) is 2.18. The first-order valence-electron chi connectivity index (χ1n) is 7.63. The number of amides is 2. The Bertz CT molecular complexity index is 740. The van der Waals surface area contributed by atoms with E-state index in [-0.39, 0.29) is 0 Å². The number of hydrogen-bond donors (Lipinski definition) is 2. The van der Waals surface area contributed by atoms with Crippen LogP contribution in [0.3, 0.4) is 0 Å². The Morgan fingerprint density at radius 1 is 1.00 bits per heavy atom. The van der Waals surface area contributed by atoms with Gasteiger partial charge in [-0.25, -0.2) is 5.43 Å². The maximum atomic E-state index is 11.8. The quantitative estimate of drug-likeness (QED) is 0.479. The van der Waals surface area contributed by atoms with E-state index in [0.717, 1.165) is 11.3 Å². The van der Waals surface area contributed by atoms with Crippen LogP contribution in [0.5, 0.6) is 11.5 Å². The molecule has 130 valence electrons. The van der Waals surface area contributed by atoms with Gasteiger partial charge in [0.2, 0.25) is 0 Å². The summed E-state index contributed by atoms with van der Waals surface area (Å²) in [5.41, 5.74) is 3.42. The molecule has 0 aliphatic rings. The largest absolute Gasteiger partial charge is 0.497 e. The summed E-state index contributed by atoms with van der Waals surface area (Å²) in [6, 6.07) is 13.8. The van der Waals surface area contributed by atoms with E-state index in [1.54, 1.807) is 55.6 Å². The molecule has 0 fully saturated rings. The zero-order chi connectivity index (χ0) is 18.1. The highest BCUT2D eigenvalue weighted by molar-refractivity contribution is 6.39. The number of carbonyl (C=O) groups is 2. The van der Waals surface area contributed by atoms with Gasteiger partial charge in [0.25, 0.3) is 0 Å². The summed E-state index contributed by atoms with van der Waals surface area (Å²) < 4.78 is 10.3. The van der Waals surface area contributed by atoms with Gasteiger partial charge >= 0.3 is 11.8 Å². The van der Waals surface area contributed by atoms with Crippen molar-refractivity contribution in [3.63, 3.8) is 0 Å². The molecule has 25 heavy (non-hydrogen) atoms. The van der Waals surface area contributed by atoms with Crippen LogP contribution in [0.25, 0.3) is 0 Å². The number of hydrazone groups is 1. The van der Waals surface area contributed by atoms with Crippen LogP contribution < -0.4 is 20.2 Å². The van der Waals surface area contributed by atoms with Crippen molar-refractivity contribution in [3.8, 4) is 11.5 Å². The van der Waals surface area contributed by atoms with Crippen molar-refractivity contribution in [2.24, 2.45) is 5.10 Å². The van der Waals surface area contributed by atoms with E-state index in [9.17, 15) is 9.59 Å². The van der Waals surface area contributed by atoms with Gasteiger partial charge < -0.3 is 14.8 Å². The molecule has 2 rings (SSSR count). The smallest absolute Gasteiger partial charge is 0.329 e. The molecule has 0 bridgehead atoms. The van der Waals surface area contributed by atoms with Crippen molar-refractivity contribution in [1.29, 1.82) is 0 Å². The second-order valence-electron chi connectivity index (χ2n) is 4.88. The van der Waals surface area contributed by atoms with Gasteiger partial charge in [-0.15, -0.1) is 0 Å². The van der Waals surface area contributed by atoms with E-state index in [2.05, 4.69) is 15.8 Å². The third-order valence-corrected chi connectivity index (χ3v) is 3.12. The topological polar surface area (TPSA) is 89.0 Å². The predicted molar refractivity (Wildman–Crippen MR) is 95.0 cm³/mol. The second kappa shape index (κ2) is 9.07. The van der Waals surface area contributed by atoms with Gasteiger partial charge in [-0.2, -0.15) is 5.10 Å². The summed E-state index contributed by atoms with van der Waals surface area (Å²) in [6.07, 6.45) is 1.43. The number of hydrogen-bond acceptors (Lipinski definition) is 5. The van der Waals surface area contributed by atoms with E-state index < -0.39 is 11.8 Å². The highest BCUT2D eigenvalue weighted by Crippen LogP contribution is 2.15. The maximum absolute atomic E-state index is 11.8. The molecule has 0 atom stereocenters. The van der Waals surface area contributed by atoms with Crippen molar-refractivity contribution in [2.75, 3.05) is 19.0 Å². The van der Waals surface area contributed by atoms with Gasteiger partial charge in [-0.05, 0) is 61.0 Å². The lowest BCUT2D eigenvalue weighted by Gasteiger charge is -2.06. The summed E-state index contributed by atoms with van der Waals surface area (Å²) >= 11 is 0. The van der Waals surface area contributed by atoms with E-state index in [0.29, 0.717) is 18.0 Å². The number of methoxy groups -OCH3 is 1. The maximum Gasteiger partial charge on any atom is 0.329 e. The van der Waals surface area contributed by atoms with Crippen molar-refractivity contribution in [2.45, 2.75) is 6.92 Å². The van der Waals surface area contributed by atoms with Crippen LogP contribution in [0.2, 0.25) is 0 Å². The Balaban J connectivity index is 1.84. The summed E-state index contributed by atoms with van der Waals surface area (Å²) in [4.78, 5) is 23.5. The number of benzene rings is 2. The van der Waals surface area contributed by atoms with Crippen LogP contribution in [0.15, 0.2) is 53.6 Å². The molecule has 0 spiro atoms. The molecule has 0 heterocycles. The van der Waals surface area contributed by atoms with Gasteiger partial charge in [0.1, 0.15) is 11.5 Å². The highest BCUT2D eigenvalue weighted by Gasteiger charge is 2.12. The minimum absolute atomic E-state index is 0.489. The lowest BCUT2D eigenvalue weighted by molar-refractivity contribution is -0.136. The molecule has 2 amide bonds. The number of carbonyl (C=O) groups excluding carboxylic acids is 2. The van der Waals surface area contributed by atoms with Gasteiger partial charge in [0, 0.05) is 5.69 Å². The van der Waals surface area contributed by atoms with Crippen LogP contribution in [0.4, 0.5) is 5.69 Å². The van der Waals surface area contributed by atoms with Gasteiger partial charge in [0.05, 0.1) is 19.9 Å². The monoisotopic (exact) mass is 341 g/mol. The lowest BCUT2D eigenvalue weighted by atomic mass is 10.2. The van der Waals surface area contributed by atoms with Gasteiger partial charge in [0.15, 0.2) is 0 Å². The molecule has 0 saturated carbocycles. The molecule has 2 aromatic carbocycles. The van der Waals surface area contributed by atoms with Crippen molar-refractivity contribution >= 4 is 23.7 Å². The van der Waals surface area contributed by atoms with Crippen molar-refractivity contribution in [3.05, 3.63) is 54.1 Å². The van der Waals surface area contributed by atoms with Crippen molar-refractivity contribution in [1.82, 2.24) is 5.43 Å². The minimum Gasteiger partial charge on any atom is -0.497 e. The Kier molecular flexibility index (Phi) is 6.53. The van der Waals surface area contributed by atoms with Crippen LogP contribution in [-0.4, -0.2) is 31.7 Å². The van der Waals surface area contributed by atoms with Crippen molar-refractivity contribution < 1.29 is 19.1 Å². The molecule has 7 heteroatoms. The molecule has 2 N–H and O–H groups in total. The van der Waals surface area contributed by atoms with E-state index >= 15 is 0 Å². The standard InChI is InChI=1S/C18H19N3O4/c1-3-25-16-10-6-14(7-11-16)20-17(22)18(23)21-19-12-13-4-8-15(24-2)9-5-13/h4-12H,3H2,1-2H3,(H,20,22)(H,21,23). The van der Waals surface area contributed by atoms with Crippen LogP contribution in [0, 0.1) is 0 Å². The Morgan fingerprint density at radius 3 is 2.24 bits per heavy atom. The van der Waals surface area contributed by atoms with E-state index in [1.165, 1.54) is 6.21 Å². The molecule has 2 aromatic rings. The van der Waals surface area contributed by atoms with E-state index in [4.69, 9.17) is 9.47 Å². The third kappa shape index (κ3) is 5.65. The summed E-state index contributed by atoms with van der Waals surface area (Å²) in [5.74, 6) is -0.264. The third-order valence-electron chi connectivity index (χ3n) is 3.12. The molecule has 0 aliphatic heterocycles. The number of ether oxygens (including phenoxy) is 2. The summed E-state index contributed by atoms with van der Waals surface area (Å²) in [7, 11) is 1.58. The second-order valence-corrected chi connectivity index (χ2v) is 4.88. The zero-order valence-corrected chi connectivity index (χ0v) is 14.0. The number of nitrogens with zero attached hydrogens (tertiary/aromatic N) is 1. The average Bonchev–Trinajstić information content (AvgIpc) is 2.64. The summed E-state index contributed by atoms with van der Waals surface area (Å²) in [5, 5.41) is 6.23. The van der Waals surface area contributed by atoms with E-state index in [1.807, 2.05) is 6.92 Å². The molecule has 0 saturated heterocycles. The fraction of sp³-hybridized carbons (Fsp3) is 0.167. The normalized spacial score (nSPS) is 10.3. The fourth-order valence-electron chi connectivity index (χ4n) is 1.90. The Morgan fingerprint density at radius 2 is 1.64 bits per heavy atom. The summed E-state index contributed by atoms with van der Waals surface area (Å²) in [6.45, 7) is 2.44. The molecular formula is C18H19N3O4. The van der Waals surface area contributed by atoms with Crippen LogP contribution in [-0.2, 0) is 9.59 Å². The Hall–Kier alpha value is -3.35. The Labute approximate surface area is 145 Å². The number of rotatable bonds is 6. The lowest BCUT2D eigenvalue weighted by Crippen LogP contribution is -2.32. The molecule has 7 nitrogen and oxygen atoms in total. The first-order valence-corrected chi connectivity index (χ1v) is 7.63. The minimum atomic E-state index is -0.862. The first kappa shape index (κ1) is 18.0. The van der Waals surface area contributed by atoms with Crippen LogP contribution in [0.1, 0.15) is 12.5 Å². The zero-order valence-electron chi connectivity index (χ0n) is 14.0. The molecule has 0 radical (unpaired) electrons. The molecule has 0 aliphatic carbocycles. The molecule has 0 aromatic heterocycles. The van der Waals surface area contributed by atoms with Crippen LogP contribution >= 0.6 is 0 Å².